The number of nitrogens with zero attached hydrogens (tertiary/aromatic N) is 2. The third kappa shape index (κ3) is 3.37. The lowest BCUT2D eigenvalue weighted by molar-refractivity contribution is 0.0528. The molecule has 28 heavy (non-hydrogen) atoms. The Hall–Kier alpha value is -3.16. The Morgan fingerprint density at radius 1 is 1.29 bits per heavy atom. The highest BCUT2D eigenvalue weighted by Gasteiger charge is 2.25. The van der Waals surface area contributed by atoms with Crippen LogP contribution in [-0.2, 0) is 4.74 Å². The molecule has 0 spiro atoms. The Kier molecular flexibility index (Phi) is 4.85. The maximum absolute atomic E-state index is 14.5. The zero-order chi connectivity index (χ0) is 19.7. The van der Waals surface area contributed by atoms with E-state index < -0.39 is 11.8 Å². The van der Waals surface area contributed by atoms with E-state index in [1.54, 1.807) is 6.92 Å². The number of halogens is 1. The molecule has 2 heterocycles. The minimum Gasteiger partial charge on any atom is -0.494 e. The van der Waals surface area contributed by atoms with Crippen LogP contribution in [-0.4, -0.2) is 41.2 Å². The Morgan fingerprint density at radius 2 is 2.11 bits per heavy atom. The van der Waals surface area contributed by atoms with Crippen LogP contribution in [0.25, 0.3) is 22.3 Å². The van der Waals surface area contributed by atoms with Crippen molar-refractivity contribution in [3.63, 3.8) is 0 Å². The first-order valence-electron chi connectivity index (χ1n) is 9.12. The van der Waals surface area contributed by atoms with Gasteiger partial charge in [-0.25, -0.2) is 19.2 Å². The lowest BCUT2D eigenvalue weighted by Gasteiger charge is -2.14. The number of benzene rings is 1. The number of aromatic amines is 1. The molecule has 0 bridgehead atoms. The topological polar surface area (TPSA) is 86.3 Å². The van der Waals surface area contributed by atoms with Crippen molar-refractivity contribution in [3.8, 4) is 22.8 Å². The normalized spacial score (nSPS) is 13.5. The van der Waals surface area contributed by atoms with Crippen LogP contribution in [0.2, 0.25) is 0 Å². The highest BCUT2D eigenvalue weighted by molar-refractivity contribution is 6.05. The molecule has 1 fully saturated rings. The summed E-state index contributed by atoms with van der Waals surface area (Å²) in [5.41, 5.74) is 2.12. The molecule has 1 saturated carbocycles. The summed E-state index contributed by atoms with van der Waals surface area (Å²) in [6, 6.07) is 2.85. The van der Waals surface area contributed by atoms with Crippen molar-refractivity contribution in [2.75, 3.05) is 20.3 Å². The van der Waals surface area contributed by atoms with Gasteiger partial charge in [-0.3, -0.25) is 0 Å². The van der Waals surface area contributed by atoms with Gasteiger partial charge in [0.15, 0.2) is 11.6 Å². The average molecular weight is 385 g/mol. The van der Waals surface area contributed by atoms with E-state index in [0.29, 0.717) is 46.1 Å². The van der Waals surface area contributed by atoms with Gasteiger partial charge < -0.3 is 19.2 Å². The summed E-state index contributed by atoms with van der Waals surface area (Å²) in [6.07, 6.45) is 5.11. The SMILES string of the molecule is CCOC(=O)c1c[nH]c2c(-c3cc(F)c(OC)cc3OCC3CC3)ncnc12. The quantitative estimate of drug-likeness (QED) is 0.624. The Labute approximate surface area is 160 Å². The van der Waals surface area contributed by atoms with E-state index in [2.05, 4.69) is 15.0 Å². The molecular weight excluding hydrogens is 365 g/mol. The summed E-state index contributed by atoms with van der Waals surface area (Å²) in [7, 11) is 1.40. The highest BCUT2D eigenvalue weighted by atomic mass is 19.1. The third-order valence-electron chi connectivity index (χ3n) is 4.64. The van der Waals surface area contributed by atoms with Crippen molar-refractivity contribution in [1.82, 2.24) is 15.0 Å². The predicted octanol–water partition coefficient (Wildman–Crippen LogP) is 3.74. The lowest BCUT2D eigenvalue weighted by atomic mass is 10.1. The number of hydrogen-bond acceptors (Lipinski definition) is 6. The molecule has 1 N–H and O–H groups in total. The highest BCUT2D eigenvalue weighted by Crippen LogP contribution is 2.39. The van der Waals surface area contributed by atoms with Crippen LogP contribution < -0.4 is 9.47 Å². The molecule has 0 radical (unpaired) electrons. The van der Waals surface area contributed by atoms with Gasteiger partial charge in [-0.2, -0.15) is 0 Å². The van der Waals surface area contributed by atoms with Crippen LogP contribution in [0.3, 0.4) is 0 Å². The molecule has 146 valence electrons. The second-order valence-corrected chi connectivity index (χ2v) is 6.61. The number of carbonyl (C=O) groups is 1. The number of ether oxygens (including phenoxy) is 3. The molecule has 1 aliphatic rings. The summed E-state index contributed by atoms with van der Waals surface area (Å²) >= 11 is 0. The first-order valence-corrected chi connectivity index (χ1v) is 9.12. The van der Waals surface area contributed by atoms with E-state index in [1.807, 2.05) is 0 Å². The molecule has 0 saturated heterocycles. The summed E-state index contributed by atoms with van der Waals surface area (Å²) < 4.78 is 30.6. The van der Waals surface area contributed by atoms with Gasteiger partial charge in [-0.1, -0.05) is 0 Å². The molecule has 1 aromatic carbocycles. The van der Waals surface area contributed by atoms with E-state index in [9.17, 15) is 9.18 Å². The summed E-state index contributed by atoms with van der Waals surface area (Å²) in [4.78, 5) is 23.7. The van der Waals surface area contributed by atoms with Gasteiger partial charge in [-0.05, 0) is 31.7 Å². The van der Waals surface area contributed by atoms with Crippen molar-refractivity contribution < 1.29 is 23.4 Å². The number of H-pyrrole nitrogens is 1. The fourth-order valence-electron chi connectivity index (χ4n) is 3.00. The molecular formula is C20H20FN3O4. The number of nitrogens with one attached hydrogen (secondary N) is 1. The first kappa shape index (κ1) is 18.2. The summed E-state index contributed by atoms with van der Waals surface area (Å²) in [5, 5.41) is 0. The van der Waals surface area contributed by atoms with Crippen LogP contribution >= 0.6 is 0 Å². The van der Waals surface area contributed by atoms with Gasteiger partial charge in [0.25, 0.3) is 0 Å². The van der Waals surface area contributed by atoms with E-state index in [-0.39, 0.29) is 12.4 Å². The third-order valence-corrected chi connectivity index (χ3v) is 4.64. The van der Waals surface area contributed by atoms with Gasteiger partial charge >= 0.3 is 5.97 Å². The van der Waals surface area contributed by atoms with Crippen molar-refractivity contribution in [1.29, 1.82) is 0 Å². The van der Waals surface area contributed by atoms with Gasteiger partial charge in [0.05, 0.1) is 25.8 Å². The van der Waals surface area contributed by atoms with Crippen LogP contribution in [0.5, 0.6) is 11.5 Å². The number of methoxy groups -OCH3 is 1. The van der Waals surface area contributed by atoms with Crippen molar-refractivity contribution in [2.45, 2.75) is 19.8 Å². The van der Waals surface area contributed by atoms with Crippen LogP contribution in [0.15, 0.2) is 24.7 Å². The fraction of sp³-hybridized carbons (Fsp3) is 0.350. The standard InChI is InChI=1S/C20H20FN3O4/c1-3-27-20(25)13-8-22-19-17(23-10-24-18(13)19)12-6-14(21)16(26-2)7-15(12)28-9-11-4-5-11/h6-8,10-11,22H,3-5,9H2,1-2H3. The Bertz CT molecular complexity index is 1030. The molecule has 0 amide bonds. The molecule has 4 rings (SSSR count). The Morgan fingerprint density at radius 3 is 2.82 bits per heavy atom. The summed E-state index contributed by atoms with van der Waals surface area (Å²) in [6.45, 7) is 2.54. The number of esters is 1. The first-order chi connectivity index (χ1) is 13.6. The second-order valence-electron chi connectivity index (χ2n) is 6.61. The van der Waals surface area contributed by atoms with E-state index in [0.717, 1.165) is 12.8 Å². The number of aromatic nitrogens is 3. The number of hydrogen-bond donors (Lipinski definition) is 1. The van der Waals surface area contributed by atoms with Crippen molar-refractivity contribution in [3.05, 3.63) is 36.0 Å². The molecule has 0 atom stereocenters. The zero-order valence-corrected chi connectivity index (χ0v) is 15.6. The van der Waals surface area contributed by atoms with Crippen LogP contribution in [0, 0.1) is 11.7 Å². The van der Waals surface area contributed by atoms with E-state index in [4.69, 9.17) is 14.2 Å². The van der Waals surface area contributed by atoms with Crippen molar-refractivity contribution >= 4 is 17.0 Å². The molecule has 0 unspecified atom stereocenters. The van der Waals surface area contributed by atoms with Crippen LogP contribution in [0.4, 0.5) is 4.39 Å². The van der Waals surface area contributed by atoms with Gasteiger partial charge in [0.1, 0.15) is 28.9 Å². The lowest BCUT2D eigenvalue weighted by Crippen LogP contribution is -2.04. The number of fused-ring (bicyclic) bond motifs is 1. The van der Waals surface area contributed by atoms with Gasteiger partial charge in [0, 0.05) is 17.8 Å². The molecule has 2 aromatic heterocycles. The smallest absolute Gasteiger partial charge is 0.341 e. The maximum atomic E-state index is 14.5. The van der Waals surface area contributed by atoms with E-state index in [1.165, 1.54) is 31.8 Å². The molecule has 0 aliphatic heterocycles. The number of carbonyl (C=O) groups excluding carboxylic acids is 1. The van der Waals surface area contributed by atoms with Gasteiger partial charge in [0.2, 0.25) is 0 Å². The molecule has 1 aliphatic carbocycles. The summed E-state index contributed by atoms with van der Waals surface area (Å²) in [5.74, 6) is 0.0796. The average Bonchev–Trinajstić information content (AvgIpc) is 3.42. The molecule has 7 nitrogen and oxygen atoms in total. The zero-order valence-electron chi connectivity index (χ0n) is 15.6. The maximum Gasteiger partial charge on any atom is 0.341 e. The van der Waals surface area contributed by atoms with E-state index >= 15 is 0 Å². The monoisotopic (exact) mass is 385 g/mol. The molecule has 3 aromatic rings. The largest absolute Gasteiger partial charge is 0.494 e. The van der Waals surface area contributed by atoms with Crippen molar-refractivity contribution in [2.24, 2.45) is 5.92 Å². The van der Waals surface area contributed by atoms with Gasteiger partial charge in [-0.15, -0.1) is 0 Å². The van der Waals surface area contributed by atoms with Crippen LogP contribution in [0.1, 0.15) is 30.1 Å². The minimum atomic E-state index is -0.528. The molecule has 8 heteroatoms. The Balaban J connectivity index is 1.82. The number of rotatable bonds is 7. The minimum absolute atomic E-state index is 0.0959. The predicted molar refractivity (Wildman–Crippen MR) is 100 cm³/mol. The fourth-order valence-corrected chi connectivity index (χ4v) is 3.00. The second kappa shape index (κ2) is 7.46.